The minimum absolute atomic E-state index is 0.119. The van der Waals surface area contributed by atoms with Crippen LogP contribution in [0.25, 0.3) is 17.1 Å². The van der Waals surface area contributed by atoms with Crippen LogP contribution >= 0.6 is 0 Å². The van der Waals surface area contributed by atoms with Crippen LogP contribution in [-0.4, -0.2) is 33.9 Å². The van der Waals surface area contributed by atoms with Gasteiger partial charge in [0, 0.05) is 36.1 Å². The maximum Gasteiger partial charge on any atom is 0.345 e. The second-order valence-corrected chi connectivity index (χ2v) is 6.10. The van der Waals surface area contributed by atoms with E-state index in [9.17, 15) is 19.1 Å². The molecule has 1 aliphatic rings. The maximum atomic E-state index is 13.2. The lowest BCUT2D eigenvalue weighted by molar-refractivity contribution is -0.134. The van der Waals surface area contributed by atoms with Gasteiger partial charge in [-0.3, -0.25) is 4.79 Å². The van der Waals surface area contributed by atoms with Crippen molar-refractivity contribution in [1.29, 1.82) is 0 Å². The molecule has 0 fully saturated rings. The molecule has 0 spiro atoms. The van der Waals surface area contributed by atoms with Crippen LogP contribution in [0.5, 0.6) is 0 Å². The topological polar surface area (TPSA) is 95.5 Å². The molecule has 2 N–H and O–H groups in total. The monoisotopic (exact) mass is 379 g/mol. The molecular formula is C20H14FN3O4. The lowest BCUT2D eigenvalue weighted by atomic mass is 10.1. The fraction of sp³-hybridized carbons (Fsp3) is 0.0500. The van der Waals surface area contributed by atoms with Crippen molar-refractivity contribution in [3.8, 4) is 0 Å². The average Bonchev–Trinajstić information content (AvgIpc) is 3.24. The number of H-pyrrole nitrogens is 1. The molecule has 0 aliphatic carbocycles. The summed E-state index contributed by atoms with van der Waals surface area (Å²) in [5.74, 6) is -2.83. The zero-order chi connectivity index (χ0) is 19.8. The second-order valence-electron chi connectivity index (χ2n) is 6.10. The Morgan fingerprint density at radius 1 is 1.29 bits per heavy atom. The molecule has 0 saturated heterocycles. The predicted octanol–water partition coefficient (Wildman–Crippen LogP) is 3.07. The predicted molar refractivity (Wildman–Crippen MR) is 99.6 cm³/mol. The van der Waals surface area contributed by atoms with Crippen LogP contribution in [0.4, 0.5) is 10.1 Å². The normalized spacial score (nSPS) is 15.4. The SMILES string of the molecule is CN(C1=C(C(=O)O)C(=O)/C(=C/c2c[nH]c3ncccc23)O1)c1ccc(F)cc1. The first-order chi connectivity index (χ1) is 13.5. The van der Waals surface area contributed by atoms with E-state index < -0.39 is 23.1 Å². The fourth-order valence-corrected chi connectivity index (χ4v) is 2.96. The number of carboxylic acids is 1. The van der Waals surface area contributed by atoms with Gasteiger partial charge in [0.05, 0.1) is 0 Å². The summed E-state index contributed by atoms with van der Waals surface area (Å²) in [6.45, 7) is 0. The summed E-state index contributed by atoms with van der Waals surface area (Å²) in [7, 11) is 1.54. The molecule has 4 rings (SSSR count). The van der Waals surface area contributed by atoms with Crippen molar-refractivity contribution in [3.63, 3.8) is 0 Å². The molecule has 3 aromatic rings. The molecule has 0 saturated carbocycles. The number of nitrogens with one attached hydrogen (secondary N) is 1. The van der Waals surface area contributed by atoms with Crippen molar-refractivity contribution in [2.45, 2.75) is 0 Å². The number of rotatable bonds is 4. The number of aromatic nitrogens is 2. The number of aliphatic carboxylic acids is 1. The van der Waals surface area contributed by atoms with Crippen LogP contribution in [0.3, 0.4) is 0 Å². The number of allylic oxidation sites excluding steroid dienone is 1. The number of ether oxygens (including phenoxy) is 1. The first kappa shape index (κ1) is 17.5. The number of aromatic amines is 1. The van der Waals surface area contributed by atoms with E-state index in [-0.39, 0.29) is 11.6 Å². The highest BCUT2D eigenvalue weighted by Gasteiger charge is 2.38. The van der Waals surface area contributed by atoms with Crippen molar-refractivity contribution in [2.24, 2.45) is 0 Å². The molecule has 28 heavy (non-hydrogen) atoms. The Labute approximate surface area is 158 Å². The van der Waals surface area contributed by atoms with Crippen LogP contribution in [0.2, 0.25) is 0 Å². The molecular weight excluding hydrogens is 365 g/mol. The first-order valence-electron chi connectivity index (χ1n) is 8.29. The Morgan fingerprint density at radius 3 is 2.75 bits per heavy atom. The number of pyridine rings is 1. The van der Waals surface area contributed by atoms with E-state index in [4.69, 9.17) is 4.74 Å². The van der Waals surface area contributed by atoms with Crippen molar-refractivity contribution in [1.82, 2.24) is 9.97 Å². The van der Waals surface area contributed by atoms with Gasteiger partial charge in [-0.25, -0.2) is 14.2 Å². The Bertz CT molecular complexity index is 1160. The highest BCUT2D eigenvalue weighted by Crippen LogP contribution is 2.32. The highest BCUT2D eigenvalue weighted by atomic mass is 19.1. The molecule has 0 unspecified atom stereocenters. The van der Waals surface area contributed by atoms with Crippen molar-refractivity contribution in [3.05, 3.63) is 77.4 Å². The van der Waals surface area contributed by atoms with Crippen molar-refractivity contribution in [2.75, 3.05) is 11.9 Å². The standard InChI is InChI=1S/C20H14FN3O4/c1-24(13-6-4-12(21)5-7-13)19-16(20(26)27)17(25)15(28-19)9-11-10-23-18-14(11)3-2-8-22-18/h2-10H,1H3,(H,22,23)(H,26,27)/b15-9-. The maximum absolute atomic E-state index is 13.2. The summed E-state index contributed by atoms with van der Waals surface area (Å²) >= 11 is 0. The number of carboxylic acid groups (broad SMARTS) is 1. The largest absolute Gasteiger partial charge is 0.477 e. The minimum Gasteiger partial charge on any atom is -0.477 e. The number of ketones is 1. The van der Waals surface area contributed by atoms with Crippen LogP contribution < -0.4 is 4.90 Å². The third-order valence-corrected chi connectivity index (χ3v) is 4.37. The van der Waals surface area contributed by atoms with Crippen LogP contribution in [-0.2, 0) is 14.3 Å². The molecule has 2 aromatic heterocycles. The Morgan fingerprint density at radius 2 is 2.04 bits per heavy atom. The Hall–Kier alpha value is -3.94. The third kappa shape index (κ3) is 2.90. The summed E-state index contributed by atoms with van der Waals surface area (Å²) < 4.78 is 18.8. The number of hydrogen-bond acceptors (Lipinski definition) is 5. The van der Waals surface area contributed by atoms with Gasteiger partial charge < -0.3 is 19.7 Å². The molecule has 0 radical (unpaired) electrons. The highest BCUT2D eigenvalue weighted by molar-refractivity contribution is 6.26. The van der Waals surface area contributed by atoms with E-state index in [1.807, 2.05) is 6.07 Å². The van der Waals surface area contributed by atoms with Gasteiger partial charge in [0.2, 0.25) is 11.7 Å². The summed E-state index contributed by atoms with van der Waals surface area (Å²) in [6, 6.07) is 8.97. The van der Waals surface area contributed by atoms with Gasteiger partial charge >= 0.3 is 5.97 Å². The average molecular weight is 379 g/mol. The van der Waals surface area contributed by atoms with Gasteiger partial charge in [-0.1, -0.05) is 0 Å². The number of benzene rings is 1. The van der Waals surface area contributed by atoms with Crippen molar-refractivity contribution >= 4 is 34.5 Å². The number of Topliss-reactive ketones (excluding diaryl/α,β-unsaturated/α-hetero) is 1. The lowest BCUT2D eigenvalue weighted by Crippen LogP contribution is -2.20. The first-order valence-corrected chi connectivity index (χ1v) is 8.29. The number of anilines is 1. The van der Waals surface area contributed by atoms with E-state index in [1.54, 1.807) is 18.5 Å². The lowest BCUT2D eigenvalue weighted by Gasteiger charge is -2.20. The molecule has 1 aromatic carbocycles. The summed E-state index contributed by atoms with van der Waals surface area (Å²) in [6.07, 6.45) is 4.76. The number of fused-ring (bicyclic) bond motifs is 1. The third-order valence-electron chi connectivity index (χ3n) is 4.37. The molecule has 0 bridgehead atoms. The molecule has 7 nitrogen and oxygen atoms in total. The molecule has 140 valence electrons. The molecule has 0 amide bonds. The quantitative estimate of drug-likeness (QED) is 0.534. The smallest absolute Gasteiger partial charge is 0.345 e. The Kier molecular flexibility index (Phi) is 4.15. The summed E-state index contributed by atoms with van der Waals surface area (Å²) in [4.78, 5) is 32.9. The van der Waals surface area contributed by atoms with Crippen LogP contribution in [0.15, 0.2) is 66.0 Å². The summed E-state index contributed by atoms with van der Waals surface area (Å²) in [5, 5.41) is 10.3. The van der Waals surface area contributed by atoms with Gasteiger partial charge in [-0.05, 0) is 42.5 Å². The molecule has 8 heteroatoms. The van der Waals surface area contributed by atoms with E-state index in [2.05, 4.69) is 9.97 Å². The Balaban J connectivity index is 1.73. The van der Waals surface area contributed by atoms with Crippen LogP contribution in [0.1, 0.15) is 5.56 Å². The van der Waals surface area contributed by atoms with Gasteiger partial charge in [0.1, 0.15) is 11.5 Å². The minimum atomic E-state index is -1.40. The fourth-order valence-electron chi connectivity index (χ4n) is 2.96. The number of carbonyl (C=O) groups excluding carboxylic acids is 1. The number of nitrogens with zero attached hydrogens (tertiary/aromatic N) is 2. The van der Waals surface area contributed by atoms with Gasteiger partial charge in [-0.2, -0.15) is 0 Å². The summed E-state index contributed by atoms with van der Waals surface area (Å²) in [5.41, 5.74) is 1.26. The van der Waals surface area contributed by atoms with E-state index in [0.29, 0.717) is 16.9 Å². The van der Waals surface area contributed by atoms with Gasteiger partial charge in [-0.15, -0.1) is 0 Å². The van der Waals surface area contributed by atoms with E-state index in [0.717, 1.165) is 5.39 Å². The number of carbonyl (C=O) groups is 2. The molecule has 3 heterocycles. The van der Waals surface area contributed by atoms with Gasteiger partial charge in [0.25, 0.3) is 0 Å². The van der Waals surface area contributed by atoms with E-state index >= 15 is 0 Å². The van der Waals surface area contributed by atoms with Gasteiger partial charge in [0.15, 0.2) is 11.3 Å². The number of hydrogen-bond donors (Lipinski definition) is 2. The second kappa shape index (κ2) is 6.66. The van der Waals surface area contributed by atoms with E-state index in [1.165, 1.54) is 42.3 Å². The van der Waals surface area contributed by atoms with Crippen molar-refractivity contribution < 1.29 is 23.8 Å². The molecule has 0 atom stereocenters. The molecule has 1 aliphatic heterocycles. The zero-order valence-electron chi connectivity index (χ0n) is 14.6. The van der Waals surface area contributed by atoms with Crippen LogP contribution in [0, 0.1) is 5.82 Å². The number of halogens is 1. The zero-order valence-corrected chi connectivity index (χ0v) is 14.6.